The number of rotatable bonds is 3. The Hall–Kier alpha value is -1.20. The summed E-state index contributed by atoms with van der Waals surface area (Å²) < 4.78 is 31.5. The largest absolute Gasteiger partial charge is 0.493 e. The Labute approximate surface area is 98.4 Å². The molecule has 1 heterocycles. The molecule has 0 bridgehead atoms. The maximum atomic E-state index is 13.4. The van der Waals surface area contributed by atoms with Crippen molar-refractivity contribution in [3.63, 3.8) is 0 Å². The normalized spacial score (nSPS) is 24.0. The van der Waals surface area contributed by atoms with E-state index >= 15 is 0 Å². The van der Waals surface area contributed by atoms with E-state index in [0.29, 0.717) is 25.1 Å². The second-order valence-corrected chi connectivity index (χ2v) is 4.41. The van der Waals surface area contributed by atoms with Crippen LogP contribution in [0, 0.1) is 11.6 Å². The monoisotopic (exact) mass is 243 g/mol. The molecule has 0 saturated carbocycles. The molecule has 0 aliphatic carbocycles. The van der Waals surface area contributed by atoms with E-state index in [1.807, 2.05) is 0 Å². The highest BCUT2D eigenvalue weighted by Crippen LogP contribution is 2.29. The minimum Gasteiger partial charge on any atom is -0.493 e. The number of methoxy groups -OCH3 is 1. The van der Waals surface area contributed by atoms with E-state index in [9.17, 15) is 13.9 Å². The zero-order valence-electron chi connectivity index (χ0n) is 9.59. The molecule has 17 heavy (non-hydrogen) atoms. The Kier molecular flexibility index (Phi) is 3.31. The van der Waals surface area contributed by atoms with Gasteiger partial charge in [0.2, 0.25) is 0 Å². The molecule has 2 rings (SSSR count). The van der Waals surface area contributed by atoms with Crippen LogP contribution in [0.15, 0.2) is 12.1 Å². The standard InChI is InChI=1S/C12H15F2NO2/c1-17-11-8(4-9(13)5-10(11)14)6-12(16)2-3-15-7-12/h4-5,15-16H,2-3,6-7H2,1H3. The van der Waals surface area contributed by atoms with Crippen LogP contribution < -0.4 is 10.1 Å². The second-order valence-electron chi connectivity index (χ2n) is 4.41. The van der Waals surface area contributed by atoms with E-state index < -0.39 is 17.2 Å². The molecule has 5 heteroatoms. The second kappa shape index (κ2) is 4.58. The van der Waals surface area contributed by atoms with Crippen molar-refractivity contribution in [2.45, 2.75) is 18.4 Å². The van der Waals surface area contributed by atoms with Crippen LogP contribution in [0.25, 0.3) is 0 Å². The first-order chi connectivity index (χ1) is 8.04. The van der Waals surface area contributed by atoms with Crippen molar-refractivity contribution < 1.29 is 18.6 Å². The zero-order valence-corrected chi connectivity index (χ0v) is 9.59. The molecule has 1 saturated heterocycles. The summed E-state index contributed by atoms with van der Waals surface area (Å²) in [7, 11) is 1.33. The smallest absolute Gasteiger partial charge is 0.168 e. The molecular weight excluding hydrogens is 228 g/mol. The van der Waals surface area contributed by atoms with Crippen molar-refractivity contribution in [1.29, 1.82) is 0 Å². The van der Waals surface area contributed by atoms with Gasteiger partial charge in [0.25, 0.3) is 0 Å². The fraction of sp³-hybridized carbons (Fsp3) is 0.500. The Morgan fingerprint density at radius 2 is 2.24 bits per heavy atom. The Bertz CT molecular complexity index is 417. The number of ether oxygens (including phenoxy) is 1. The first kappa shape index (κ1) is 12.3. The molecule has 1 unspecified atom stereocenters. The van der Waals surface area contributed by atoms with E-state index in [-0.39, 0.29) is 12.2 Å². The zero-order chi connectivity index (χ0) is 12.5. The SMILES string of the molecule is COc1c(F)cc(F)cc1CC1(O)CCNC1. The average Bonchev–Trinajstić information content (AvgIpc) is 2.64. The summed E-state index contributed by atoms with van der Waals surface area (Å²) in [5.74, 6) is -1.39. The highest BCUT2D eigenvalue weighted by atomic mass is 19.1. The Morgan fingerprint density at radius 1 is 1.47 bits per heavy atom. The van der Waals surface area contributed by atoms with Gasteiger partial charge in [0.15, 0.2) is 11.6 Å². The van der Waals surface area contributed by atoms with Crippen LogP contribution in [-0.4, -0.2) is 30.9 Å². The summed E-state index contributed by atoms with van der Waals surface area (Å²) in [4.78, 5) is 0. The van der Waals surface area contributed by atoms with Crippen LogP contribution in [0.5, 0.6) is 5.75 Å². The third kappa shape index (κ3) is 2.56. The lowest BCUT2D eigenvalue weighted by atomic mass is 9.93. The minimum atomic E-state index is -0.951. The van der Waals surface area contributed by atoms with Crippen LogP contribution in [0.2, 0.25) is 0 Å². The van der Waals surface area contributed by atoms with Gasteiger partial charge in [-0.1, -0.05) is 0 Å². The summed E-state index contributed by atoms with van der Waals surface area (Å²) in [5, 5.41) is 13.2. The lowest BCUT2D eigenvalue weighted by molar-refractivity contribution is 0.0610. The van der Waals surface area contributed by atoms with Gasteiger partial charge < -0.3 is 15.2 Å². The predicted octanol–water partition coefficient (Wildman–Crippen LogP) is 1.24. The van der Waals surface area contributed by atoms with Crippen molar-refractivity contribution in [1.82, 2.24) is 5.32 Å². The molecule has 94 valence electrons. The van der Waals surface area contributed by atoms with Crippen molar-refractivity contribution in [2.75, 3.05) is 20.2 Å². The number of nitrogens with one attached hydrogen (secondary N) is 1. The fourth-order valence-electron chi connectivity index (χ4n) is 2.21. The number of halogens is 2. The van der Waals surface area contributed by atoms with Gasteiger partial charge in [-0.15, -0.1) is 0 Å². The maximum absolute atomic E-state index is 13.4. The fourth-order valence-corrected chi connectivity index (χ4v) is 2.21. The molecule has 1 atom stereocenters. The highest BCUT2D eigenvalue weighted by molar-refractivity contribution is 5.37. The van der Waals surface area contributed by atoms with Gasteiger partial charge in [0.05, 0.1) is 12.7 Å². The van der Waals surface area contributed by atoms with Gasteiger partial charge in [-0.2, -0.15) is 0 Å². The number of hydrogen-bond acceptors (Lipinski definition) is 3. The van der Waals surface area contributed by atoms with Crippen LogP contribution in [0.3, 0.4) is 0 Å². The van der Waals surface area contributed by atoms with Gasteiger partial charge in [0.1, 0.15) is 5.82 Å². The minimum absolute atomic E-state index is 0.00623. The van der Waals surface area contributed by atoms with Crippen LogP contribution in [0.4, 0.5) is 8.78 Å². The van der Waals surface area contributed by atoms with E-state index in [2.05, 4.69) is 5.32 Å². The number of β-amino-alcohol motifs (C(OH)–C–C–N with tert-alkyl or cyclic N) is 1. The molecule has 1 fully saturated rings. The van der Waals surface area contributed by atoms with Gasteiger partial charge in [-0.05, 0) is 19.0 Å². The van der Waals surface area contributed by atoms with Crippen LogP contribution in [-0.2, 0) is 6.42 Å². The Balaban J connectivity index is 2.31. The number of aliphatic hydroxyl groups is 1. The predicted molar refractivity (Wildman–Crippen MR) is 59.1 cm³/mol. The molecule has 1 aliphatic heterocycles. The van der Waals surface area contributed by atoms with Crippen molar-refractivity contribution in [2.24, 2.45) is 0 Å². The third-order valence-corrected chi connectivity index (χ3v) is 3.03. The van der Waals surface area contributed by atoms with E-state index in [4.69, 9.17) is 4.74 Å². The number of hydrogen-bond donors (Lipinski definition) is 2. The van der Waals surface area contributed by atoms with E-state index in [1.54, 1.807) is 0 Å². The summed E-state index contributed by atoms with van der Waals surface area (Å²) in [6.45, 7) is 1.13. The van der Waals surface area contributed by atoms with Crippen molar-refractivity contribution in [3.05, 3.63) is 29.3 Å². The lowest BCUT2D eigenvalue weighted by Gasteiger charge is -2.22. The molecular formula is C12H15F2NO2. The first-order valence-electron chi connectivity index (χ1n) is 5.49. The van der Waals surface area contributed by atoms with Gasteiger partial charge in [-0.25, -0.2) is 8.78 Å². The lowest BCUT2D eigenvalue weighted by Crippen LogP contribution is -2.34. The van der Waals surface area contributed by atoms with Gasteiger partial charge >= 0.3 is 0 Å². The summed E-state index contributed by atoms with van der Waals surface area (Å²) >= 11 is 0. The van der Waals surface area contributed by atoms with Crippen LogP contribution in [0.1, 0.15) is 12.0 Å². The van der Waals surface area contributed by atoms with E-state index in [0.717, 1.165) is 6.07 Å². The summed E-state index contributed by atoms with van der Waals surface area (Å²) in [6, 6.07) is 1.98. The molecule has 0 amide bonds. The highest BCUT2D eigenvalue weighted by Gasteiger charge is 2.32. The quantitative estimate of drug-likeness (QED) is 0.839. The van der Waals surface area contributed by atoms with Crippen LogP contribution >= 0.6 is 0 Å². The van der Waals surface area contributed by atoms with E-state index in [1.165, 1.54) is 13.2 Å². The maximum Gasteiger partial charge on any atom is 0.168 e. The molecule has 2 N–H and O–H groups in total. The molecule has 0 spiro atoms. The molecule has 1 aromatic carbocycles. The third-order valence-electron chi connectivity index (χ3n) is 3.03. The Morgan fingerprint density at radius 3 is 2.82 bits per heavy atom. The summed E-state index contributed by atoms with van der Waals surface area (Å²) in [6.07, 6.45) is 0.742. The molecule has 1 aliphatic rings. The molecule has 1 aromatic rings. The first-order valence-corrected chi connectivity index (χ1v) is 5.49. The summed E-state index contributed by atoms with van der Waals surface area (Å²) in [5.41, 5.74) is -0.593. The topological polar surface area (TPSA) is 41.5 Å². The average molecular weight is 243 g/mol. The molecule has 0 radical (unpaired) electrons. The molecule has 3 nitrogen and oxygen atoms in total. The van der Waals surface area contributed by atoms with Crippen molar-refractivity contribution in [3.8, 4) is 5.75 Å². The number of benzene rings is 1. The molecule has 0 aromatic heterocycles. The van der Waals surface area contributed by atoms with Gasteiger partial charge in [0, 0.05) is 24.6 Å². The van der Waals surface area contributed by atoms with Gasteiger partial charge in [-0.3, -0.25) is 0 Å². The van der Waals surface area contributed by atoms with Crippen molar-refractivity contribution >= 4 is 0 Å².